The predicted molar refractivity (Wildman–Crippen MR) is 93.0 cm³/mol. The van der Waals surface area contributed by atoms with Crippen LogP contribution in [-0.4, -0.2) is 17.0 Å². The van der Waals surface area contributed by atoms with Crippen molar-refractivity contribution in [2.75, 3.05) is 0 Å². The van der Waals surface area contributed by atoms with Crippen LogP contribution in [0.25, 0.3) is 10.6 Å². The maximum absolute atomic E-state index is 5.99. The van der Waals surface area contributed by atoms with Gasteiger partial charge in [-0.1, -0.05) is 43.2 Å². The minimum Gasteiger partial charge on any atom is -0.370 e. The maximum Gasteiger partial charge on any atom is 0.189 e. The van der Waals surface area contributed by atoms with Crippen molar-refractivity contribution in [2.24, 2.45) is 10.7 Å². The number of rotatable bonds is 4. The average molecular weight is 314 g/mol. The topological polar surface area (TPSA) is 63.3 Å². The largest absolute Gasteiger partial charge is 0.370 e. The Bertz CT molecular complexity index is 642. The molecule has 1 fully saturated rings. The van der Waals surface area contributed by atoms with E-state index < -0.39 is 0 Å². The summed E-state index contributed by atoms with van der Waals surface area (Å²) in [5.41, 5.74) is 8.19. The molecule has 5 heteroatoms. The van der Waals surface area contributed by atoms with Gasteiger partial charge in [0.2, 0.25) is 0 Å². The van der Waals surface area contributed by atoms with E-state index in [1.54, 1.807) is 11.3 Å². The van der Waals surface area contributed by atoms with Crippen LogP contribution >= 0.6 is 11.3 Å². The van der Waals surface area contributed by atoms with Gasteiger partial charge in [-0.2, -0.15) is 0 Å². The Morgan fingerprint density at radius 3 is 2.77 bits per heavy atom. The van der Waals surface area contributed by atoms with Gasteiger partial charge in [0.25, 0.3) is 0 Å². The van der Waals surface area contributed by atoms with Gasteiger partial charge in [0, 0.05) is 16.5 Å². The zero-order valence-electron chi connectivity index (χ0n) is 12.9. The molecule has 0 aliphatic heterocycles. The van der Waals surface area contributed by atoms with Crippen molar-refractivity contribution in [3.63, 3.8) is 0 Å². The van der Waals surface area contributed by atoms with Gasteiger partial charge in [-0.05, 0) is 19.8 Å². The molecule has 1 aliphatic rings. The van der Waals surface area contributed by atoms with E-state index in [1.165, 1.54) is 30.6 Å². The number of nitrogens with one attached hydrogen (secondary N) is 1. The van der Waals surface area contributed by atoms with Crippen LogP contribution in [-0.2, 0) is 6.54 Å². The fraction of sp³-hybridized carbons (Fsp3) is 0.412. The number of guanidine groups is 1. The summed E-state index contributed by atoms with van der Waals surface area (Å²) in [4.78, 5) is 10.3. The minimum atomic E-state index is 0.506. The van der Waals surface area contributed by atoms with Gasteiger partial charge in [0.15, 0.2) is 5.96 Å². The molecule has 1 aromatic heterocycles. The Balaban J connectivity index is 1.66. The van der Waals surface area contributed by atoms with Crippen LogP contribution in [0.15, 0.2) is 35.3 Å². The first-order chi connectivity index (χ1) is 10.7. The Labute approximate surface area is 135 Å². The number of benzene rings is 1. The molecule has 4 nitrogen and oxygen atoms in total. The summed E-state index contributed by atoms with van der Waals surface area (Å²) < 4.78 is 0. The molecule has 0 spiro atoms. The van der Waals surface area contributed by atoms with E-state index in [2.05, 4.69) is 27.4 Å². The first-order valence-corrected chi connectivity index (χ1v) is 8.62. The molecule has 0 saturated heterocycles. The molecular weight excluding hydrogens is 292 g/mol. The standard InChI is InChI=1S/C17H22N4S/c1-12-15(11-19-17(18)21-14-9-5-6-10-14)22-16(20-12)13-7-3-2-4-8-13/h2-4,7-8,14H,5-6,9-11H2,1H3,(H3,18,19,21). The number of aryl methyl sites for hydroxylation is 1. The van der Waals surface area contributed by atoms with Crippen LogP contribution in [0, 0.1) is 6.92 Å². The first kappa shape index (κ1) is 15.0. The molecule has 116 valence electrons. The predicted octanol–water partition coefficient (Wildman–Crippen LogP) is 3.47. The van der Waals surface area contributed by atoms with E-state index in [0.29, 0.717) is 18.5 Å². The maximum atomic E-state index is 5.99. The molecule has 0 radical (unpaired) electrons. The quantitative estimate of drug-likeness (QED) is 0.671. The number of hydrogen-bond donors (Lipinski definition) is 2. The molecule has 1 saturated carbocycles. The van der Waals surface area contributed by atoms with Crippen LogP contribution in [0.5, 0.6) is 0 Å². The summed E-state index contributed by atoms with van der Waals surface area (Å²) >= 11 is 1.70. The van der Waals surface area contributed by atoms with Gasteiger partial charge in [0.1, 0.15) is 5.01 Å². The second kappa shape index (κ2) is 6.92. The highest BCUT2D eigenvalue weighted by molar-refractivity contribution is 7.15. The molecule has 2 aromatic rings. The molecule has 0 atom stereocenters. The second-order valence-electron chi connectivity index (χ2n) is 5.72. The van der Waals surface area contributed by atoms with Gasteiger partial charge >= 0.3 is 0 Å². The summed E-state index contributed by atoms with van der Waals surface area (Å²) in [6.07, 6.45) is 4.99. The van der Waals surface area contributed by atoms with Crippen molar-refractivity contribution in [3.8, 4) is 10.6 Å². The zero-order chi connectivity index (χ0) is 15.4. The van der Waals surface area contributed by atoms with Crippen molar-refractivity contribution in [3.05, 3.63) is 40.9 Å². The summed E-state index contributed by atoms with van der Waals surface area (Å²) in [5.74, 6) is 0.556. The summed E-state index contributed by atoms with van der Waals surface area (Å²) in [5, 5.41) is 4.37. The lowest BCUT2D eigenvalue weighted by molar-refractivity contribution is 0.625. The van der Waals surface area contributed by atoms with Crippen molar-refractivity contribution >= 4 is 17.3 Å². The molecular formula is C17H22N4S. The summed E-state index contributed by atoms with van der Waals surface area (Å²) in [6, 6.07) is 10.8. The highest BCUT2D eigenvalue weighted by Crippen LogP contribution is 2.28. The van der Waals surface area contributed by atoms with Gasteiger partial charge in [-0.15, -0.1) is 11.3 Å². The van der Waals surface area contributed by atoms with E-state index in [-0.39, 0.29) is 0 Å². The van der Waals surface area contributed by atoms with Gasteiger partial charge in [-0.25, -0.2) is 9.98 Å². The Kier molecular flexibility index (Phi) is 4.73. The molecule has 0 amide bonds. The average Bonchev–Trinajstić information content (AvgIpc) is 3.16. The van der Waals surface area contributed by atoms with E-state index in [9.17, 15) is 0 Å². The molecule has 1 heterocycles. The second-order valence-corrected chi connectivity index (χ2v) is 6.80. The summed E-state index contributed by atoms with van der Waals surface area (Å²) in [7, 11) is 0. The SMILES string of the molecule is Cc1nc(-c2ccccc2)sc1CN=C(N)NC1CCCC1. The number of hydrogen-bond acceptors (Lipinski definition) is 3. The van der Waals surface area contributed by atoms with E-state index in [4.69, 9.17) is 5.73 Å². The molecule has 1 aromatic carbocycles. The van der Waals surface area contributed by atoms with Crippen LogP contribution in [0.1, 0.15) is 36.3 Å². The normalized spacial score (nSPS) is 16.1. The lowest BCUT2D eigenvalue weighted by Crippen LogP contribution is -2.38. The van der Waals surface area contributed by atoms with Crippen LogP contribution < -0.4 is 11.1 Å². The molecule has 3 rings (SSSR count). The number of aromatic nitrogens is 1. The van der Waals surface area contributed by atoms with Crippen LogP contribution in [0.3, 0.4) is 0 Å². The Morgan fingerprint density at radius 2 is 2.05 bits per heavy atom. The fourth-order valence-corrected chi connectivity index (χ4v) is 3.75. The Morgan fingerprint density at radius 1 is 1.32 bits per heavy atom. The van der Waals surface area contributed by atoms with Crippen molar-refractivity contribution in [1.82, 2.24) is 10.3 Å². The van der Waals surface area contributed by atoms with E-state index in [0.717, 1.165) is 16.3 Å². The third-order valence-corrected chi connectivity index (χ3v) is 5.20. The van der Waals surface area contributed by atoms with E-state index in [1.807, 2.05) is 25.1 Å². The smallest absolute Gasteiger partial charge is 0.189 e. The molecule has 0 unspecified atom stereocenters. The minimum absolute atomic E-state index is 0.506. The fourth-order valence-electron chi connectivity index (χ4n) is 2.76. The lowest BCUT2D eigenvalue weighted by atomic mass is 10.2. The van der Waals surface area contributed by atoms with E-state index >= 15 is 0 Å². The van der Waals surface area contributed by atoms with Crippen molar-refractivity contribution in [2.45, 2.75) is 45.2 Å². The molecule has 22 heavy (non-hydrogen) atoms. The number of aliphatic imine (C=N–C) groups is 1. The third-order valence-electron chi connectivity index (χ3n) is 4.01. The highest BCUT2D eigenvalue weighted by Gasteiger charge is 2.15. The molecule has 1 aliphatic carbocycles. The Hall–Kier alpha value is -1.88. The lowest BCUT2D eigenvalue weighted by Gasteiger charge is -2.11. The van der Waals surface area contributed by atoms with Gasteiger partial charge in [-0.3, -0.25) is 0 Å². The number of nitrogens with two attached hydrogens (primary N) is 1. The van der Waals surface area contributed by atoms with Crippen molar-refractivity contribution in [1.29, 1.82) is 0 Å². The number of thiazole rings is 1. The van der Waals surface area contributed by atoms with Gasteiger partial charge < -0.3 is 11.1 Å². The van der Waals surface area contributed by atoms with Crippen molar-refractivity contribution < 1.29 is 0 Å². The third kappa shape index (κ3) is 3.65. The summed E-state index contributed by atoms with van der Waals surface area (Å²) in [6.45, 7) is 2.64. The van der Waals surface area contributed by atoms with Crippen LogP contribution in [0.2, 0.25) is 0 Å². The molecule has 3 N–H and O–H groups in total. The van der Waals surface area contributed by atoms with Crippen LogP contribution in [0.4, 0.5) is 0 Å². The first-order valence-electron chi connectivity index (χ1n) is 7.80. The van der Waals surface area contributed by atoms with Gasteiger partial charge in [0.05, 0.1) is 12.2 Å². The number of nitrogens with zero attached hydrogens (tertiary/aromatic N) is 2. The monoisotopic (exact) mass is 314 g/mol. The zero-order valence-corrected chi connectivity index (χ0v) is 13.7. The molecule has 0 bridgehead atoms. The highest BCUT2D eigenvalue weighted by atomic mass is 32.1.